The highest BCUT2D eigenvalue weighted by Crippen LogP contribution is 2.11. The number of hydrogen-bond donors (Lipinski definition) is 0. The second-order valence-corrected chi connectivity index (χ2v) is 8.55. The Morgan fingerprint density at radius 2 is 1.39 bits per heavy atom. The Kier molecular flexibility index (Phi) is 8.23. The molecule has 0 N–H and O–H groups in total. The van der Waals surface area contributed by atoms with Crippen LogP contribution < -0.4 is 0 Å². The number of rotatable bonds is 11. The predicted molar refractivity (Wildman–Crippen MR) is 94.4 cm³/mol. The van der Waals surface area contributed by atoms with Crippen molar-refractivity contribution in [2.45, 2.75) is 45.4 Å². The number of unbranched alkanes of at least 4 members (excludes halogenated alkanes) is 1. The zero-order valence-corrected chi connectivity index (χ0v) is 15.6. The first-order chi connectivity index (χ1) is 10.7. The van der Waals surface area contributed by atoms with Crippen LogP contribution >= 0.6 is 0 Å². The lowest BCUT2D eigenvalue weighted by Crippen LogP contribution is -2.42. The third-order valence-electron chi connectivity index (χ3n) is 4.23. The van der Waals surface area contributed by atoms with Crippen molar-refractivity contribution in [3.05, 3.63) is 35.4 Å². The van der Waals surface area contributed by atoms with Crippen LogP contribution in [0.4, 0.5) is 0 Å². The van der Waals surface area contributed by atoms with Gasteiger partial charge >= 0.3 is 0 Å². The van der Waals surface area contributed by atoms with Crippen molar-refractivity contribution in [1.82, 2.24) is 0 Å². The molecule has 23 heavy (non-hydrogen) atoms. The van der Waals surface area contributed by atoms with Crippen LogP contribution in [0, 0.1) is 0 Å². The van der Waals surface area contributed by atoms with E-state index in [9.17, 15) is 13.0 Å². The van der Waals surface area contributed by atoms with Crippen LogP contribution in [0.15, 0.2) is 24.3 Å². The van der Waals surface area contributed by atoms with Gasteiger partial charge in [0.05, 0.1) is 37.3 Å². The molecule has 132 valence electrons. The summed E-state index contributed by atoms with van der Waals surface area (Å²) in [5.74, 6) is -0.256. The summed E-state index contributed by atoms with van der Waals surface area (Å²) in [6.45, 7) is 3.91. The van der Waals surface area contributed by atoms with Crippen molar-refractivity contribution in [1.29, 1.82) is 0 Å². The predicted octanol–water partition coefficient (Wildman–Crippen LogP) is 2.97. The van der Waals surface area contributed by atoms with E-state index in [4.69, 9.17) is 0 Å². The highest BCUT2D eigenvalue weighted by Gasteiger charge is 2.14. The fourth-order valence-electron chi connectivity index (χ4n) is 2.75. The third-order valence-corrected chi connectivity index (χ3v) is 5.02. The summed E-state index contributed by atoms with van der Waals surface area (Å²) in [5.41, 5.74) is 2.76. The van der Waals surface area contributed by atoms with Gasteiger partial charge in [-0.2, -0.15) is 0 Å². The molecular formula is C18H31NO3S. The molecule has 4 nitrogen and oxygen atoms in total. The number of benzene rings is 1. The Balaban J connectivity index is 2.31. The van der Waals surface area contributed by atoms with Gasteiger partial charge < -0.3 is 9.04 Å². The van der Waals surface area contributed by atoms with Gasteiger partial charge in [0.1, 0.15) is 0 Å². The SMILES string of the molecule is CCCCc1ccc(CCC[N+](C)(C)CCCS(=O)(=O)[O-])cc1. The normalized spacial score (nSPS) is 12.5. The molecule has 0 bridgehead atoms. The lowest BCUT2D eigenvalue weighted by atomic mass is 10.0. The van der Waals surface area contributed by atoms with Crippen LogP contribution in [0.3, 0.4) is 0 Å². The van der Waals surface area contributed by atoms with E-state index in [-0.39, 0.29) is 5.75 Å². The number of nitrogens with zero attached hydrogens (tertiary/aromatic N) is 1. The molecule has 0 aromatic heterocycles. The zero-order chi connectivity index (χ0) is 17.3. The quantitative estimate of drug-likeness (QED) is 0.459. The fourth-order valence-corrected chi connectivity index (χ4v) is 3.23. The average molecular weight is 342 g/mol. The minimum absolute atomic E-state index is 0.256. The van der Waals surface area contributed by atoms with E-state index in [1.807, 2.05) is 0 Å². The minimum Gasteiger partial charge on any atom is -0.748 e. The Hall–Kier alpha value is -0.910. The smallest absolute Gasteiger partial charge is 0.0948 e. The van der Waals surface area contributed by atoms with Gasteiger partial charge in [0, 0.05) is 18.6 Å². The summed E-state index contributed by atoms with van der Waals surface area (Å²) in [5, 5.41) is 0. The molecule has 1 aromatic rings. The first kappa shape index (κ1) is 20.1. The topological polar surface area (TPSA) is 57.2 Å². The molecule has 0 saturated heterocycles. The maximum atomic E-state index is 10.6. The van der Waals surface area contributed by atoms with Gasteiger partial charge in [-0.1, -0.05) is 37.6 Å². The molecule has 0 amide bonds. The van der Waals surface area contributed by atoms with Crippen LogP contribution in [-0.4, -0.2) is 50.4 Å². The molecule has 5 heteroatoms. The van der Waals surface area contributed by atoms with E-state index in [2.05, 4.69) is 45.3 Å². The fraction of sp³-hybridized carbons (Fsp3) is 0.667. The first-order valence-electron chi connectivity index (χ1n) is 8.55. The standard InChI is InChI=1S/C18H31NO3S/c1-4-5-8-17-10-12-18(13-11-17)9-6-14-19(2,3)15-7-16-23(20,21)22/h10-13H,4-9,14-16H2,1-3H3. The number of aryl methyl sites for hydroxylation is 2. The van der Waals surface area contributed by atoms with Crippen molar-refractivity contribution in [3.63, 3.8) is 0 Å². The maximum Gasteiger partial charge on any atom is 0.0948 e. The summed E-state index contributed by atoms with van der Waals surface area (Å²) in [6, 6.07) is 8.89. The molecule has 0 aliphatic carbocycles. The Morgan fingerprint density at radius 1 is 0.913 bits per heavy atom. The van der Waals surface area contributed by atoms with Crippen molar-refractivity contribution >= 4 is 10.1 Å². The van der Waals surface area contributed by atoms with Crippen molar-refractivity contribution < 1.29 is 17.5 Å². The molecule has 0 heterocycles. The van der Waals surface area contributed by atoms with Crippen molar-refractivity contribution in [2.75, 3.05) is 32.9 Å². The van der Waals surface area contributed by atoms with Gasteiger partial charge in [0.15, 0.2) is 0 Å². The number of quaternary nitrogens is 1. The molecule has 0 unspecified atom stereocenters. The average Bonchev–Trinajstić information content (AvgIpc) is 2.44. The molecule has 0 aliphatic heterocycles. The van der Waals surface area contributed by atoms with Crippen LogP contribution in [0.2, 0.25) is 0 Å². The van der Waals surface area contributed by atoms with E-state index in [0.717, 1.165) is 36.8 Å². The van der Waals surface area contributed by atoms with E-state index in [0.29, 0.717) is 6.42 Å². The van der Waals surface area contributed by atoms with Gasteiger partial charge in [0.2, 0.25) is 0 Å². The van der Waals surface area contributed by atoms with Crippen LogP contribution in [0.25, 0.3) is 0 Å². The zero-order valence-electron chi connectivity index (χ0n) is 14.8. The minimum atomic E-state index is -4.08. The van der Waals surface area contributed by atoms with Gasteiger partial charge in [-0.25, -0.2) is 8.42 Å². The maximum absolute atomic E-state index is 10.6. The van der Waals surface area contributed by atoms with E-state index < -0.39 is 10.1 Å². The molecule has 0 atom stereocenters. The monoisotopic (exact) mass is 341 g/mol. The summed E-state index contributed by atoms with van der Waals surface area (Å²) < 4.78 is 32.7. The largest absolute Gasteiger partial charge is 0.748 e. The van der Waals surface area contributed by atoms with E-state index in [1.165, 1.54) is 24.0 Å². The van der Waals surface area contributed by atoms with Crippen LogP contribution in [0.1, 0.15) is 43.7 Å². The highest BCUT2D eigenvalue weighted by molar-refractivity contribution is 7.85. The van der Waals surface area contributed by atoms with Gasteiger partial charge in [-0.05, 0) is 30.4 Å². The molecule has 0 aliphatic rings. The summed E-state index contributed by atoms with van der Waals surface area (Å²) in [7, 11) is 0.0961. The molecule has 1 aromatic carbocycles. The second kappa shape index (κ2) is 9.40. The molecular weight excluding hydrogens is 310 g/mol. The summed E-state index contributed by atoms with van der Waals surface area (Å²) in [6.07, 6.45) is 6.15. The Labute approximate surface area is 141 Å². The lowest BCUT2D eigenvalue weighted by Gasteiger charge is -2.30. The molecule has 0 radical (unpaired) electrons. The summed E-state index contributed by atoms with van der Waals surface area (Å²) >= 11 is 0. The Bertz CT molecular complexity index is 550. The first-order valence-corrected chi connectivity index (χ1v) is 10.1. The van der Waals surface area contributed by atoms with Crippen molar-refractivity contribution in [3.8, 4) is 0 Å². The van der Waals surface area contributed by atoms with Crippen LogP contribution in [0.5, 0.6) is 0 Å². The van der Waals surface area contributed by atoms with Crippen molar-refractivity contribution in [2.24, 2.45) is 0 Å². The number of hydrogen-bond acceptors (Lipinski definition) is 3. The van der Waals surface area contributed by atoms with E-state index in [1.54, 1.807) is 0 Å². The molecule has 0 fully saturated rings. The molecule has 1 rings (SSSR count). The second-order valence-electron chi connectivity index (χ2n) is 7.02. The van der Waals surface area contributed by atoms with Crippen LogP contribution in [-0.2, 0) is 23.0 Å². The van der Waals surface area contributed by atoms with Gasteiger partial charge in [-0.3, -0.25) is 0 Å². The van der Waals surface area contributed by atoms with Gasteiger partial charge in [-0.15, -0.1) is 0 Å². The van der Waals surface area contributed by atoms with E-state index >= 15 is 0 Å². The molecule has 0 spiro atoms. The summed E-state index contributed by atoms with van der Waals surface area (Å²) in [4.78, 5) is 0. The van der Waals surface area contributed by atoms with Gasteiger partial charge in [0.25, 0.3) is 0 Å². The third kappa shape index (κ3) is 9.74. The molecule has 0 saturated carbocycles. The lowest BCUT2D eigenvalue weighted by molar-refractivity contribution is -0.890. The Morgan fingerprint density at radius 3 is 1.87 bits per heavy atom. The highest BCUT2D eigenvalue weighted by atomic mass is 32.2.